The van der Waals surface area contributed by atoms with Crippen molar-refractivity contribution in [3.63, 3.8) is 0 Å². The van der Waals surface area contributed by atoms with Crippen molar-refractivity contribution in [1.29, 1.82) is 0 Å². The fourth-order valence-corrected chi connectivity index (χ4v) is 1.93. The molecule has 0 fully saturated rings. The predicted octanol–water partition coefficient (Wildman–Crippen LogP) is 3.05. The molecule has 1 aromatic rings. The van der Waals surface area contributed by atoms with Crippen molar-refractivity contribution in [3.8, 4) is 0 Å². The highest BCUT2D eigenvalue weighted by atomic mass is 32.2. The Labute approximate surface area is 96.4 Å². The number of rotatable bonds is 1. The Balaban J connectivity index is 2.85. The smallest absolute Gasteiger partial charge is 0.267 e. The van der Waals surface area contributed by atoms with E-state index in [4.69, 9.17) is 0 Å². The van der Waals surface area contributed by atoms with Gasteiger partial charge in [-0.25, -0.2) is 4.39 Å². The molecule has 15 heavy (non-hydrogen) atoms. The highest BCUT2D eigenvalue weighted by Gasteiger charge is 2.05. The van der Waals surface area contributed by atoms with Crippen LogP contribution in [0.5, 0.6) is 0 Å². The number of hydrogen-bond acceptors (Lipinski definition) is 3. The van der Waals surface area contributed by atoms with Gasteiger partial charge in [0.1, 0.15) is 10.2 Å². The third kappa shape index (κ3) is 3.68. The van der Waals surface area contributed by atoms with Gasteiger partial charge in [-0.2, -0.15) is 4.99 Å². The van der Waals surface area contributed by atoms with E-state index in [1.165, 1.54) is 47.8 Å². The molecule has 0 unspecified atom stereocenters. The Morgan fingerprint density at radius 3 is 2.20 bits per heavy atom. The molecule has 0 heterocycles. The van der Waals surface area contributed by atoms with Crippen molar-refractivity contribution in [2.75, 3.05) is 12.5 Å². The zero-order chi connectivity index (χ0) is 11.3. The molecule has 0 bridgehead atoms. The van der Waals surface area contributed by atoms with E-state index < -0.39 is 0 Å². The average molecular weight is 243 g/mol. The number of carbonyl (C=O) groups excluding carboxylic acids is 1. The molecule has 0 saturated heterocycles. The Kier molecular flexibility index (Phi) is 4.84. The van der Waals surface area contributed by atoms with Crippen LogP contribution in [-0.2, 0) is 0 Å². The van der Waals surface area contributed by atoms with E-state index in [2.05, 4.69) is 4.99 Å². The zero-order valence-electron chi connectivity index (χ0n) is 8.36. The minimum absolute atomic E-state index is 0.339. The van der Waals surface area contributed by atoms with Crippen LogP contribution in [0.3, 0.4) is 0 Å². The van der Waals surface area contributed by atoms with Gasteiger partial charge >= 0.3 is 0 Å². The summed E-state index contributed by atoms with van der Waals surface area (Å²) < 4.78 is 13.3. The highest BCUT2D eigenvalue weighted by Crippen LogP contribution is 2.13. The summed E-state index contributed by atoms with van der Waals surface area (Å²) in [7, 11) is 0. The molecular formula is C10H10FNOS2. The van der Waals surface area contributed by atoms with Crippen LogP contribution >= 0.6 is 23.5 Å². The number of nitrogens with zero attached hydrogens (tertiary/aromatic N) is 1. The number of amides is 1. The molecule has 0 radical (unpaired) electrons. The summed E-state index contributed by atoms with van der Waals surface area (Å²) in [6.45, 7) is 0. The number of aliphatic imine (C=N–C) groups is 1. The minimum atomic E-state index is -0.356. The van der Waals surface area contributed by atoms with Crippen molar-refractivity contribution in [2.24, 2.45) is 4.99 Å². The summed E-state index contributed by atoms with van der Waals surface area (Å²) in [4.78, 5) is 15.4. The van der Waals surface area contributed by atoms with E-state index >= 15 is 0 Å². The normalized spacial score (nSPS) is 9.80. The van der Waals surface area contributed by atoms with Crippen LogP contribution in [0.2, 0.25) is 0 Å². The third-order valence-corrected chi connectivity index (χ3v) is 3.51. The number of carbonyl (C=O) groups is 1. The van der Waals surface area contributed by atoms with Crippen LogP contribution in [0, 0.1) is 5.82 Å². The van der Waals surface area contributed by atoms with E-state index in [1.54, 1.807) is 0 Å². The lowest BCUT2D eigenvalue weighted by atomic mass is 10.2. The van der Waals surface area contributed by atoms with Crippen LogP contribution in [0.25, 0.3) is 0 Å². The Bertz CT molecular complexity index is 370. The molecule has 0 aliphatic carbocycles. The molecule has 0 aromatic heterocycles. The minimum Gasteiger partial charge on any atom is -0.267 e. The van der Waals surface area contributed by atoms with Crippen LogP contribution in [0.1, 0.15) is 10.4 Å². The molecule has 5 heteroatoms. The summed E-state index contributed by atoms with van der Waals surface area (Å²) in [5, 5.41) is 0. The van der Waals surface area contributed by atoms with Gasteiger partial charge in [-0.3, -0.25) is 4.79 Å². The first kappa shape index (κ1) is 12.3. The van der Waals surface area contributed by atoms with E-state index in [1.807, 2.05) is 12.5 Å². The van der Waals surface area contributed by atoms with Crippen molar-refractivity contribution in [1.82, 2.24) is 0 Å². The van der Waals surface area contributed by atoms with Crippen molar-refractivity contribution in [3.05, 3.63) is 35.6 Å². The first-order valence-electron chi connectivity index (χ1n) is 4.14. The molecule has 1 rings (SSSR count). The van der Waals surface area contributed by atoms with Crippen molar-refractivity contribution < 1.29 is 9.18 Å². The fourth-order valence-electron chi connectivity index (χ4n) is 0.915. The summed E-state index contributed by atoms with van der Waals surface area (Å²) in [5.41, 5.74) is 0.400. The van der Waals surface area contributed by atoms with Crippen LogP contribution in [0.15, 0.2) is 29.3 Å². The van der Waals surface area contributed by atoms with Gasteiger partial charge < -0.3 is 0 Å². The first-order valence-corrected chi connectivity index (χ1v) is 6.59. The van der Waals surface area contributed by atoms with E-state index in [0.717, 1.165) is 0 Å². The van der Waals surface area contributed by atoms with Gasteiger partial charge in [0.25, 0.3) is 5.91 Å². The lowest BCUT2D eigenvalue weighted by Gasteiger charge is -1.98. The Hall–Kier alpha value is -0.810. The Morgan fingerprint density at radius 1 is 1.20 bits per heavy atom. The molecule has 1 amide bonds. The predicted molar refractivity (Wildman–Crippen MR) is 65.2 cm³/mol. The summed E-state index contributed by atoms with van der Waals surface area (Å²) in [6, 6.07) is 5.36. The quantitative estimate of drug-likeness (QED) is 0.561. The molecule has 0 spiro atoms. The second kappa shape index (κ2) is 5.92. The van der Waals surface area contributed by atoms with Gasteiger partial charge in [0.05, 0.1) is 0 Å². The summed E-state index contributed by atoms with van der Waals surface area (Å²) in [5.74, 6) is -0.695. The van der Waals surface area contributed by atoms with Gasteiger partial charge in [0.15, 0.2) is 0 Å². The maximum absolute atomic E-state index is 12.6. The average Bonchev–Trinajstić information content (AvgIpc) is 2.26. The molecule has 2 nitrogen and oxygen atoms in total. The lowest BCUT2D eigenvalue weighted by molar-refractivity contribution is 0.100. The molecule has 0 aliphatic heterocycles. The molecule has 80 valence electrons. The number of hydrogen-bond donors (Lipinski definition) is 0. The molecule has 0 aliphatic rings. The van der Waals surface area contributed by atoms with Gasteiger partial charge in [0, 0.05) is 5.56 Å². The number of benzene rings is 1. The van der Waals surface area contributed by atoms with Gasteiger partial charge in [-0.15, -0.1) is 23.5 Å². The highest BCUT2D eigenvalue weighted by molar-refractivity contribution is 8.38. The maximum Gasteiger partial charge on any atom is 0.278 e. The second-order valence-electron chi connectivity index (χ2n) is 2.60. The van der Waals surface area contributed by atoms with Gasteiger partial charge in [-0.05, 0) is 36.8 Å². The molecular weight excluding hydrogens is 233 g/mol. The van der Waals surface area contributed by atoms with Crippen LogP contribution < -0.4 is 0 Å². The second-order valence-corrected chi connectivity index (χ2v) is 4.45. The molecule has 0 atom stereocenters. The Morgan fingerprint density at radius 2 is 1.73 bits per heavy atom. The number of thioether (sulfide) groups is 2. The first-order chi connectivity index (χ1) is 7.17. The molecule has 1 aromatic carbocycles. The SMILES string of the molecule is CSC(=NC(=O)c1ccc(F)cc1)SC. The fraction of sp³-hybridized carbons (Fsp3) is 0.200. The van der Waals surface area contributed by atoms with Crippen LogP contribution in [0.4, 0.5) is 4.39 Å². The maximum atomic E-state index is 12.6. The van der Waals surface area contributed by atoms with Gasteiger partial charge in [-0.1, -0.05) is 0 Å². The topological polar surface area (TPSA) is 29.4 Å². The monoisotopic (exact) mass is 243 g/mol. The molecule has 0 saturated carbocycles. The van der Waals surface area contributed by atoms with E-state index in [0.29, 0.717) is 9.94 Å². The van der Waals surface area contributed by atoms with Crippen LogP contribution in [-0.4, -0.2) is 22.8 Å². The van der Waals surface area contributed by atoms with E-state index in [-0.39, 0.29) is 11.7 Å². The summed E-state index contributed by atoms with van der Waals surface area (Å²) in [6.07, 6.45) is 3.71. The third-order valence-electron chi connectivity index (χ3n) is 1.63. The zero-order valence-corrected chi connectivity index (χ0v) is 9.99. The van der Waals surface area contributed by atoms with Gasteiger partial charge in [0.2, 0.25) is 0 Å². The lowest BCUT2D eigenvalue weighted by Crippen LogP contribution is -1.97. The van der Waals surface area contributed by atoms with E-state index in [9.17, 15) is 9.18 Å². The summed E-state index contributed by atoms with van der Waals surface area (Å²) >= 11 is 2.83. The number of halogens is 1. The van der Waals surface area contributed by atoms with Crippen molar-refractivity contribution >= 4 is 33.8 Å². The largest absolute Gasteiger partial charge is 0.278 e. The standard InChI is InChI=1S/C10H10FNOS2/c1-14-10(15-2)12-9(13)7-3-5-8(11)6-4-7/h3-6H,1-2H3. The van der Waals surface area contributed by atoms with Crippen molar-refractivity contribution in [2.45, 2.75) is 0 Å². The molecule has 0 N–H and O–H groups in total.